The van der Waals surface area contributed by atoms with E-state index in [1.807, 2.05) is 0 Å². The van der Waals surface area contributed by atoms with E-state index in [2.05, 4.69) is 10.1 Å². The number of benzene rings is 2. The Morgan fingerprint density at radius 3 is 2.34 bits per heavy atom. The highest BCUT2D eigenvalue weighted by atomic mass is 19.4. The number of rotatable bonds is 7. The van der Waals surface area contributed by atoms with Crippen molar-refractivity contribution in [3.05, 3.63) is 70.8 Å². The third kappa shape index (κ3) is 6.38. The van der Waals surface area contributed by atoms with Crippen molar-refractivity contribution in [2.24, 2.45) is 0 Å². The first-order chi connectivity index (χ1) is 13.7. The molecule has 0 unspecified atom stereocenters. The van der Waals surface area contributed by atoms with Crippen molar-refractivity contribution in [2.75, 3.05) is 14.2 Å². The smallest absolute Gasteiger partial charge is 0.416 e. The van der Waals surface area contributed by atoms with Crippen LogP contribution in [0.25, 0.3) is 6.08 Å². The van der Waals surface area contributed by atoms with Crippen molar-refractivity contribution < 1.29 is 32.2 Å². The highest BCUT2D eigenvalue weighted by Gasteiger charge is 2.29. The summed E-state index contributed by atoms with van der Waals surface area (Å²) in [4.78, 5) is 23.7. The van der Waals surface area contributed by atoms with Crippen LogP contribution >= 0.6 is 0 Å². The van der Waals surface area contributed by atoms with Gasteiger partial charge in [-0.05, 0) is 35.4 Å². The van der Waals surface area contributed by atoms with Gasteiger partial charge in [-0.25, -0.2) is 0 Å². The van der Waals surface area contributed by atoms with Crippen molar-refractivity contribution in [3.8, 4) is 5.75 Å². The largest absolute Gasteiger partial charge is 0.496 e. The summed E-state index contributed by atoms with van der Waals surface area (Å²) in [5.74, 6) is -0.478. The zero-order chi connectivity index (χ0) is 21.4. The van der Waals surface area contributed by atoms with Crippen LogP contribution in [0.15, 0.2) is 48.5 Å². The number of esters is 1. The van der Waals surface area contributed by atoms with Crippen LogP contribution in [0.5, 0.6) is 5.75 Å². The Labute approximate surface area is 166 Å². The lowest BCUT2D eigenvalue weighted by atomic mass is 10.1. The molecule has 0 aliphatic heterocycles. The van der Waals surface area contributed by atoms with Crippen molar-refractivity contribution >= 4 is 18.0 Å². The van der Waals surface area contributed by atoms with E-state index in [0.717, 1.165) is 12.1 Å². The molecule has 0 spiro atoms. The number of halogens is 3. The zero-order valence-corrected chi connectivity index (χ0v) is 15.9. The Morgan fingerprint density at radius 1 is 1.07 bits per heavy atom. The molecule has 0 aliphatic carbocycles. The molecule has 154 valence electrons. The molecule has 0 aromatic heterocycles. The third-order valence-corrected chi connectivity index (χ3v) is 4.02. The number of alkyl halides is 3. The molecule has 2 rings (SSSR count). The number of carbonyl (C=O) groups is 2. The van der Waals surface area contributed by atoms with E-state index in [1.165, 1.54) is 26.4 Å². The number of hydrogen-bond donors (Lipinski definition) is 1. The zero-order valence-electron chi connectivity index (χ0n) is 15.9. The van der Waals surface area contributed by atoms with Gasteiger partial charge in [0.15, 0.2) is 0 Å². The van der Waals surface area contributed by atoms with Gasteiger partial charge in [0.25, 0.3) is 5.91 Å². The highest BCUT2D eigenvalue weighted by molar-refractivity contribution is 5.97. The van der Waals surface area contributed by atoms with Gasteiger partial charge in [0.2, 0.25) is 0 Å². The normalized spacial score (nSPS) is 11.3. The molecule has 0 heterocycles. The molecule has 0 bridgehead atoms. The van der Waals surface area contributed by atoms with Gasteiger partial charge in [-0.2, -0.15) is 13.2 Å². The summed E-state index contributed by atoms with van der Waals surface area (Å²) < 4.78 is 47.6. The molecule has 0 fully saturated rings. The summed E-state index contributed by atoms with van der Waals surface area (Å²) >= 11 is 0. The van der Waals surface area contributed by atoms with Gasteiger partial charge < -0.3 is 14.8 Å². The van der Waals surface area contributed by atoms with Gasteiger partial charge in [-0.1, -0.05) is 30.4 Å². The van der Waals surface area contributed by atoms with Crippen molar-refractivity contribution in [2.45, 2.75) is 19.1 Å². The number of ether oxygens (including phenoxy) is 2. The lowest BCUT2D eigenvalue weighted by molar-refractivity contribution is -0.139. The first-order valence-corrected chi connectivity index (χ1v) is 8.60. The summed E-state index contributed by atoms with van der Waals surface area (Å²) in [5, 5.41) is 2.66. The van der Waals surface area contributed by atoms with Gasteiger partial charge in [-0.15, -0.1) is 0 Å². The van der Waals surface area contributed by atoms with Gasteiger partial charge >= 0.3 is 12.1 Å². The molecule has 0 saturated carbocycles. The Bertz CT molecular complexity index is 890. The molecular formula is C21H20F3NO4. The Morgan fingerprint density at radius 2 is 1.76 bits per heavy atom. The summed E-state index contributed by atoms with van der Waals surface area (Å²) in [7, 11) is 2.72. The summed E-state index contributed by atoms with van der Waals surface area (Å²) in [6, 6.07) is 9.49. The second kappa shape index (κ2) is 9.77. The van der Waals surface area contributed by atoms with Gasteiger partial charge in [0.05, 0.1) is 31.8 Å². The Kier molecular flexibility index (Phi) is 7.41. The fourth-order valence-electron chi connectivity index (χ4n) is 2.47. The average Bonchev–Trinajstić information content (AvgIpc) is 2.71. The van der Waals surface area contributed by atoms with Crippen LogP contribution in [-0.2, 0) is 22.3 Å². The lowest BCUT2D eigenvalue weighted by Gasteiger charge is -2.11. The van der Waals surface area contributed by atoms with E-state index in [-0.39, 0.29) is 24.5 Å². The van der Waals surface area contributed by atoms with Crippen molar-refractivity contribution in [1.29, 1.82) is 0 Å². The molecule has 1 amide bonds. The molecular weight excluding hydrogens is 387 g/mol. The van der Waals surface area contributed by atoms with E-state index >= 15 is 0 Å². The second-order valence-electron chi connectivity index (χ2n) is 6.02. The molecule has 29 heavy (non-hydrogen) atoms. The number of amides is 1. The number of methoxy groups -OCH3 is 2. The first-order valence-electron chi connectivity index (χ1n) is 8.60. The average molecular weight is 407 g/mol. The molecule has 0 aliphatic rings. The molecule has 8 heteroatoms. The molecule has 2 aromatic carbocycles. The van der Waals surface area contributed by atoms with Crippen molar-refractivity contribution in [3.63, 3.8) is 0 Å². The van der Waals surface area contributed by atoms with Crippen LogP contribution in [0.2, 0.25) is 0 Å². The molecule has 0 radical (unpaired) electrons. The predicted molar refractivity (Wildman–Crippen MR) is 101 cm³/mol. The predicted octanol–water partition coefficient (Wildman–Crippen LogP) is 4.22. The lowest BCUT2D eigenvalue weighted by Crippen LogP contribution is -2.23. The Hall–Kier alpha value is -3.29. The third-order valence-electron chi connectivity index (χ3n) is 4.02. The van der Waals surface area contributed by atoms with Crippen LogP contribution in [0.4, 0.5) is 13.2 Å². The van der Waals surface area contributed by atoms with Gasteiger partial charge in [0.1, 0.15) is 5.75 Å². The molecule has 0 atom stereocenters. The maximum absolute atomic E-state index is 12.6. The summed E-state index contributed by atoms with van der Waals surface area (Å²) in [6.45, 7) is 0.0581. The minimum absolute atomic E-state index is 0.0581. The summed E-state index contributed by atoms with van der Waals surface area (Å²) in [6.07, 6.45) is -1.03. The van der Waals surface area contributed by atoms with Crippen LogP contribution < -0.4 is 10.1 Å². The fraction of sp³-hybridized carbons (Fsp3) is 0.238. The minimum atomic E-state index is -4.41. The molecule has 5 nitrogen and oxygen atoms in total. The Balaban J connectivity index is 2.08. The standard InChI is InChI=1S/C21H20F3NO4/c1-28-18-11-8-14(4-3-5-19(26)29-2)12-17(18)20(27)25-13-15-6-9-16(10-7-15)21(22,23)24/h3-4,6-12H,5,13H2,1-2H3,(H,25,27). The SMILES string of the molecule is COC(=O)CC=Cc1ccc(OC)c(C(=O)NCc2ccc(C(F)(F)F)cc2)c1. The first kappa shape index (κ1) is 22.0. The monoisotopic (exact) mass is 407 g/mol. The second-order valence-corrected chi connectivity index (χ2v) is 6.02. The maximum Gasteiger partial charge on any atom is 0.416 e. The van der Waals surface area contributed by atoms with Crippen LogP contribution in [0.3, 0.4) is 0 Å². The van der Waals surface area contributed by atoms with E-state index in [9.17, 15) is 22.8 Å². The molecule has 1 N–H and O–H groups in total. The highest BCUT2D eigenvalue weighted by Crippen LogP contribution is 2.29. The van der Waals surface area contributed by atoms with Gasteiger partial charge in [-0.3, -0.25) is 9.59 Å². The molecule has 2 aromatic rings. The van der Waals surface area contributed by atoms with E-state index < -0.39 is 17.6 Å². The minimum Gasteiger partial charge on any atom is -0.496 e. The van der Waals surface area contributed by atoms with Crippen LogP contribution in [-0.4, -0.2) is 26.1 Å². The van der Waals surface area contributed by atoms with Crippen LogP contribution in [0.1, 0.15) is 33.5 Å². The number of carbonyl (C=O) groups excluding carboxylic acids is 2. The van der Waals surface area contributed by atoms with Crippen molar-refractivity contribution in [1.82, 2.24) is 5.32 Å². The topological polar surface area (TPSA) is 64.6 Å². The fourth-order valence-corrected chi connectivity index (χ4v) is 2.47. The van der Waals surface area contributed by atoms with Crippen LogP contribution in [0, 0.1) is 0 Å². The maximum atomic E-state index is 12.6. The van der Waals surface area contributed by atoms with Gasteiger partial charge in [0, 0.05) is 6.54 Å². The van der Waals surface area contributed by atoms with E-state index in [4.69, 9.17) is 4.74 Å². The number of nitrogens with one attached hydrogen (secondary N) is 1. The number of hydrogen-bond acceptors (Lipinski definition) is 4. The van der Waals surface area contributed by atoms with E-state index in [1.54, 1.807) is 30.4 Å². The quantitative estimate of drug-likeness (QED) is 0.698. The van der Waals surface area contributed by atoms with E-state index in [0.29, 0.717) is 16.9 Å². The molecule has 0 saturated heterocycles. The summed E-state index contributed by atoms with van der Waals surface area (Å²) in [5.41, 5.74) is 0.717.